The number of esters is 1. The van der Waals surface area contributed by atoms with Crippen LogP contribution in [-0.2, 0) is 9.53 Å². The monoisotopic (exact) mass is 258 g/mol. The summed E-state index contributed by atoms with van der Waals surface area (Å²) in [5.41, 5.74) is 3.02. The Bertz CT molecular complexity index is 292. The van der Waals surface area contributed by atoms with Crippen molar-refractivity contribution < 1.29 is 9.53 Å². The van der Waals surface area contributed by atoms with Crippen LogP contribution in [0.3, 0.4) is 0 Å². The average molecular weight is 259 g/mol. The van der Waals surface area contributed by atoms with Crippen molar-refractivity contribution in [2.24, 2.45) is 5.92 Å². The third-order valence-electron chi connectivity index (χ3n) is 2.63. The minimum Gasteiger partial charge on any atom is -0.466 e. The average Bonchev–Trinajstić information content (AvgIpc) is 2.59. The molecule has 0 radical (unpaired) electrons. The lowest BCUT2D eigenvalue weighted by atomic mass is 9.94. The quantitative estimate of drug-likeness (QED) is 0.442. The van der Waals surface area contributed by atoms with Gasteiger partial charge in [0.05, 0.1) is 7.11 Å². The molecule has 0 bridgehead atoms. The predicted octanol–water partition coefficient (Wildman–Crippen LogP) is 2.84. The Balaban J connectivity index is 3.00. The fourth-order valence-corrected chi connectivity index (χ4v) is 2.45. The van der Waals surface area contributed by atoms with E-state index in [2.05, 4.69) is 22.5 Å². The van der Waals surface area contributed by atoms with Crippen LogP contribution in [-0.4, -0.2) is 18.4 Å². The maximum Gasteiger partial charge on any atom is 0.334 e. The highest BCUT2D eigenvalue weighted by Crippen LogP contribution is 2.37. The number of rotatable bonds is 3. The highest BCUT2D eigenvalue weighted by atomic mass is 79.9. The minimum absolute atomic E-state index is 0.190. The fraction of sp³-hybridized carbons (Fsp3) is 0.545. The fourth-order valence-electron chi connectivity index (χ4n) is 1.87. The van der Waals surface area contributed by atoms with E-state index < -0.39 is 0 Å². The smallest absolute Gasteiger partial charge is 0.334 e. The van der Waals surface area contributed by atoms with E-state index in [0.29, 0.717) is 0 Å². The maximum atomic E-state index is 11.6. The van der Waals surface area contributed by atoms with Crippen LogP contribution >= 0.6 is 15.9 Å². The molecule has 0 aliphatic heterocycles. The van der Waals surface area contributed by atoms with Crippen LogP contribution in [0.4, 0.5) is 0 Å². The standard InChI is InChI=1S/C11H15BrO2/c1-7(2)9-5-4-8(6-12)10(9)11(13)14-3/h9H,1,4-6H2,2-3H3. The molecule has 0 saturated carbocycles. The van der Waals surface area contributed by atoms with E-state index in [1.165, 1.54) is 7.11 Å². The molecule has 1 unspecified atom stereocenters. The van der Waals surface area contributed by atoms with Gasteiger partial charge in [-0.05, 0) is 25.3 Å². The number of allylic oxidation sites excluding steroid dienone is 2. The lowest BCUT2D eigenvalue weighted by molar-refractivity contribution is -0.136. The number of hydrogen-bond donors (Lipinski definition) is 0. The lowest BCUT2D eigenvalue weighted by Crippen LogP contribution is -2.13. The summed E-state index contributed by atoms with van der Waals surface area (Å²) in [6, 6.07) is 0. The number of methoxy groups -OCH3 is 1. The van der Waals surface area contributed by atoms with Gasteiger partial charge in [0.1, 0.15) is 0 Å². The highest BCUT2D eigenvalue weighted by Gasteiger charge is 2.30. The zero-order valence-corrected chi connectivity index (χ0v) is 10.2. The molecular weight excluding hydrogens is 244 g/mol. The number of carbonyl (C=O) groups is 1. The summed E-state index contributed by atoms with van der Waals surface area (Å²) in [6.45, 7) is 5.88. The number of alkyl halides is 1. The molecule has 2 nitrogen and oxygen atoms in total. The summed E-state index contributed by atoms with van der Waals surface area (Å²) in [6.07, 6.45) is 1.95. The molecule has 1 aliphatic carbocycles. The number of hydrogen-bond acceptors (Lipinski definition) is 2. The Morgan fingerprint density at radius 2 is 2.36 bits per heavy atom. The number of ether oxygens (including phenoxy) is 1. The normalized spacial score (nSPS) is 21.2. The van der Waals surface area contributed by atoms with Crippen LogP contribution in [0.1, 0.15) is 19.8 Å². The van der Waals surface area contributed by atoms with Crippen molar-refractivity contribution in [3.8, 4) is 0 Å². The van der Waals surface area contributed by atoms with Gasteiger partial charge >= 0.3 is 5.97 Å². The zero-order valence-electron chi connectivity index (χ0n) is 8.60. The Hall–Kier alpha value is -0.570. The van der Waals surface area contributed by atoms with E-state index in [9.17, 15) is 4.79 Å². The minimum atomic E-state index is -0.204. The molecule has 0 heterocycles. The molecule has 3 heteroatoms. The first-order valence-corrected chi connectivity index (χ1v) is 5.75. The third kappa shape index (κ3) is 2.08. The summed E-state index contributed by atoms with van der Waals surface area (Å²) < 4.78 is 4.79. The summed E-state index contributed by atoms with van der Waals surface area (Å²) in [7, 11) is 1.43. The van der Waals surface area contributed by atoms with E-state index in [1.54, 1.807) is 0 Å². The zero-order chi connectivity index (χ0) is 10.7. The Labute approximate surface area is 93.1 Å². The van der Waals surface area contributed by atoms with Crippen molar-refractivity contribution in [1.82, 2.24) is 0 Å². The number of halogens is 1. The highest BCUT2D eigenvalue weighted by molar-refractivity contribution is 9.09. The molecular formula is C11H15BrO2. The lowest BCUT2D eigenvalue weighted by Gasteiger charge is -2.13. The van der Waals surface area contributed by atoms with Gasteiger partial charge in [0.2, 0.25) is 0 Å². The van der Waals surface area contributed by atoms with Crippen molar-refractivity contribution in [2.45, 2.75) is 19.8 Å². The van der Waals surface area contributed by atoms with E-state index in [-0.39, 0.29) is 11.9 Å². The third-order valence-corrected chi connectivity index (χ3v) is 3.30. The molecule has 0 amide bonds. The molecule has 0 saturated heterocycles. The van der Waals surface area contributed by atoms with Gasteiger partial charge in [-0.3, -0.25) is 0 Å². The van der Waals surface area contributed by atoms with Crippen molar-refractivity contribution in [2.75, 3.05) is 12.4 Å². The van der Waals surface area contributed by atoms with Gasteiger partial charge in [-0.1, -0.05) is 28.1 Å². The second kappa shape index (κ2) is 4.78. The van der Waals surface area contributed by atoms with Gasteiger partial charge < -0.3 is 4.74 Å². The van der Waals surface area contributed by atoms with E-state index in [4.69, 9.17) is 4.74 Å². The second-order valence-electron chi connectivity index (χ2n) is 3.58. The van der Waals surface area contributed by atoms with Crippen LogP contribution in [0.2, 0.25) is 0 Å². The Morgan fingerprint density at radius 3 is 2.79 bits per heavy atom. The van der Waals surface area contributed by atoms with Crippen molar-refractivity contribution in [3.63, 3.8) is 0 Å². The van der Waals surface area contributed by atoms with Crippen LogP contribution in [0, 0.1) is 5.92 Å². The van der Waals surface area contributed by atoms with Crippen LogP contribution in [0.25, 0.3) is 0 Å². The molecule has 0 aromatic heterocycles. The molecule has 0 fully saturated rings. The first kappa shape index (κ1) is 11.5. The van der Waals surface area contributed by atoms with Gasteiger partial charge in [0.25, 0.3) is 0 Å². The largest absolute Gasteiger partial charge is 0.466 e. The molecule has 0 aromatic rings. The molecule has 0 N–H and O–H groups in total. The van der Waals surface area contributed by atoms with E-state index >= 15 is 0 Å². The van der Waals surface area contributed by atoms with E-state index in [0.717, 1.165) is 34.9 Å². The summed E-state index contributed by atoms with van der Waals surface area (Å²) in [4.78, 5) is 11.6. The molecule has 14 heavy (non-hydrogen) atoms. The summed E-state index contributed by atoms with van der Waals surface area (Å²) in [5.74, 6) is -0.0139. The topological polar surface area (TPSA) is 26.3 Å². The van der Waals surface area contributed by atoms with Crippen molar-refractivity contribution in [1.29, 1.82) is 0 Å². The van der Waals surface area contributed by atoms with Crippen LogP contribution in [0.15, 0.2) is 23.3 Å². The number of carbonyl (C=O) groups excluding carboxylic acids is 1. The first-order chi connectivity index (χ1) is 6.61. The molecule has 1 rings (SSSR count). The van der Waals surface area contributed by atoms with E-state index in [1.807, 2.05) is 6.92 Å². The Morgan fingerprint density at radius 1 is 1.71 bits per heavy atom. The first-order valence-electron chi connectivity index (χ1n) is 4.63. The van der Waals surface area contributed by atoms with Gasteiger partial charge in [-0.25, -0.2) is 4.79 Å². The Kier molecular flexibility index (Phi) is 3.93. The van der Waals surface area contributed by atoms with Gasteiger partial charge in [0, 0.05) is 16.8 Å². The second-order valence-corrected chi connectivity index (χ2v) is 4.14. The maximum absolute atomic E-state index is 11.6. The molecule has 1 atom stereocenters. The molecule has 1 aliphatic rings. The molecule has 0 spiro atoms. The van der Waals surface area contributed by atoms with Gasteiger partial charge in [-0.2, -0.15) is 0 Å². The predicted molar refractivity (Wildman–Crippen MR) is 60.4 cm³/mol. The molecule has 78 valence electrons. The summed E-state index contributed by atoms with van der Waals surface area (Å²) >= 11 is 3.40. The summed E-state index contributed by atoms with van der Waals surface area (Å²) in [5, 5.41) is 0.751. The van der Waals surface area contributed by atoms with Crippen LogP contribution in [0.5, 0.6) is 0 Å². The van der Waals surface area contributed by atoms with Crippen molar-refractivity contribution in [3.05, 3.63) is 23.3 Å². The SMILES string of the molecule is C=C(C)C1CCC(CBr)=C1C(=O)OC. The van der Waals surface area contributed by atoms with Crippen molar-refractivity contribution >= 4 is 21.9 Å². The van der Waals surface area contributed by atoms with Crippen LogP contribution < -0.4 is 0 Å². The van der Waals surface area contributed by atoms with Gasteiger partial charge in [-0.15, -0.1) is 0 Å². The molecule has 0 aromatic carbocycles. The van der Waals surface area contributed by atoms with Gasteiger partial charge in [0.15, 0.2) is 0 Å².